The molecular weight excluding hydrogens is 331 g/mol. The maximum Gasteiger partial charge on any atom is 0.416 e. The van der Waals surface area contributed by atoms with Crippen molar-refractivity contribution in [2.45, 2.75) is 12.6 Å². The van der Waals surface area contributed by atoms with Crippen molar-refractivity contribution in [2.75, 3.05) is 12.4 Å². The molecule has 2 heterocycles. The maximum absolute atomic E-state index is 12.8. The van der Waals surface area contributed by atoms with Gasteiger partial charge in [0.2, 0.25) is 5.28 Å². The van der Waals surface area contributed by atoms with Crippen LogP contribution in [0.5, 0.6) is 0 Å². The van der Waals surface area contributed by atoms with Crippen LogP contribution < -0.4 is 5.32 Å². The second-order valence-corrected chi connectivity index (χ2v) is 5.20. The first-order valence-electron chi connectivity index (χ1n) is 6.63. The largest absolute Gasteiger partial charge is 0.416 e. The number of halogens is 4. The van der Waals surface area contributed by atoms with E-state index in [-0.39, 0.29) is 11.7 Å². The van der Waals surface area contributed by atoms with E-state index in [0.717, 1.165) is 12.1 Å². The highest BCUT2D eigenvalue weighted by Crippen LogP contribution is 2.30. The molecule has 0 saturated heterocycles. The van der Waals surface area contributed by atoms with Crippen LogP contribution in [0.25, 0.3) is 11.0 Å². The number of aromatic amines is 1. The van der Waals surface area contributed by atoms with Crippen LogP contribution in [0.4, 0.5) is 19.0 Å². The Balaban J connectivity index is 2.01. The fraction of sp³-hybridized carbons (Fsp3) is 0.214. The fourth-order valence-corrected chi connectivity index (χ4v) is 2.45. The van der Waals surface area contributed by atoms with E-state index in [2.05, 4.69) is 25.5 Å². The van der Waals surface area contributed by atoms with Crippen molar-refractivity contribution in [3.8, 4) is 0 Å². The van der Waals surface area contributed by atoms with Gasteiger partial charge in [-0.1, -0.05) is 18.2 Å². The van der Waals surface area contributed by atoms with Gasteiger partial charge in [0.1, 0.15) is 5.52 Å². The van der Waals surface area contributed by atoms with Crippen LogP contribution in [-0.2, 0) is 12.6 Å². The van der Waals surface area contributed by atoms with Gasteiger partial charge in [0.25, 0.3) is 0 Å². The van der Waals surface area contributed by atoms with Crippen LogP contribution in [0.2, 0.25) is 5.28 Å². The fourth-order valence-electron chi connectivity index (χ4n) is 2.28. The number of hydrogen-bond acceptors (Lipinski definition) is 4. The topological polar surface area (TPSA) is 66.5 Å². The highest BCUT2D eigenvalue weighted by atomic mass is 35.5. The summed E-state index contributed by atoms with van der Waals surface area (Å²) >= 11 is 5.87. The summed E-state index contributed by atoms with van der Waals surface area (Å²) in [6.45, 7) is 0. The molecule has 0 unspecified atom stereocenters. The first-order valence-corrected chi connectivity index (χ1v) is 7.00. The highest BCUT2D eigenvalue weighted by Gasteiger charge is 2.30. The van der Waals surface area contributed by atoms with Crippen molar-refractivity contribution in [3.63, 3.8) is 0 Å². The summed E-state index contributed by atoms with van der Waals surface area (Å²) in [6.07, 6.45) is -4.16. The van der Waals surface area contributed by atoms with E-state index in [0.29, 0.717) is 28.1 Å². The average Bonchev–Trinajstić information content (AvgIpc) is 2.89. The van der Waals surface area contributed by atoms with Gasteiger partial charge in [-0.05, 0) is 23.2 Å². The molecule has 2 aromatic heterocycles. The van der Waals surface area contributed by atoms with E-state index in [1.807, 2.05) is 0 Å². The second kappa shape index (κ2) is 5.69. The third-order valence-corrected chi connectivity index (χ3v) is 3.49. The third-order valence-electron chi connectivity index (χ3n) is 3.32. The minimum absolute atomic E-state index is 0.0357. The number of H-pyrrole nitrogens is 1. The molecule has 9 heteroatoms. The molecule has 1 aromatic carbocycles. The third kappa shape index (κ3) is 3.07. The summed E-state index contributed by atoms with van der Waals surface area (Å²) in [5, 5.41) is 9.78. The van der Waals surface area contributed by atoms with Crippen LogP contribution in [0.15, 0.2) is 24.3 Å². The SMILES string of the molecule is CNc1nc(Cl)nc2c(Cc3cccc(C(F)(F)F)c3)[nH]nc12. The van der Waals surface area contributed by atoms with Gasteiger partial charge in [-0.3, -0.25) is 5.10 Å². The molecule has 0 bridgehead atoms. The van der Waals surface area contributed by atoms with Crippen molar-refractivity contribution in [2.24, 2.45) is 0 Å². The Morgan fingerprint density at radius 3 is 2.70 bits per heavy atom. The molecule has 0 atom stereocenters. The number of alkyl halides is 3. The molecule has 3 rings (SSSR count). The van der Waals surface area contributed by atoms with Crippen molar-refractivity contribution < 1.29 is 13.2 Å². The molecule has 0 radical (unpaired) electrons. The van der Waals surface area contributed by atoms with E-state index in [9.17, 15) is 13.2 Å². The zero-order valence-corrected chi connectivity index (χ0v) is 12.6. The van der Waals surface area contributed by atoms with Crippen LogP contribution in [0.1, 0.15) is 16.8 Å². The minimum atomic E-state index is -4.38. The van der Waals surface area contributed by atoms with Gasteiger partial charge >= 0.3 is 6.18 Å². The molecule has 3 aromatic rings. The van der Waals surface area contributed by atoms with Crippen molar-refractivity contribution in [1.29, 1.82) is 0 Å². The van der Waals surface area contributed by atoms with Gasteiger partial charge < -0.3 is 5.32 Å². The number of rotatable bonds is 3. The molecular formula is C14H11ClF3N5. The molecule has 0 aliphatic rings. The van der Waals surface area contributed by atoms with Gasteiger partial charge in [-0.15, -0.1) is 0 Å². The Morgan fingerprint density at radius 1 is 1.22 bits per heavy atom. The van der Waals surface area contributed by atoms with Crippen LogP contribution in [0.3, 0.4) is 0 Å². The zero-order chi connectivity index (χ0) is 16.6. The Kier molecular flexibility index (Phi) is 3.85. The summed E-state index contributed by atoms with van der Waals surface area (Å²) in [5.74, 6) is 0.451. The predicted molar refractivity (Wildman–Crippen MR) is 80.5 cm³/mol. The van der Waals surface area contributed by atoms with E-state index >= 15 is 0 Å². The number of nitrogens with zero attached hydrogens (tertiary/aromatic N) is 3. The summed E-state index contributed by atoms with van der Waals surface area (Å²) < 4.78 is 38.4. The highest BCUT2D eigenvalue weighted by molar-refractivity contribution is 6.28. The summed E-state index contributed by atoms with van der Waals surface area (Å²) in [4.78, 5) is 8.11. The minimum Gasteiger partial charge on any atom is -0.371 e. The molecule has 0 saturated carbocycles. The van der Waals surface area contributed by atoms with Crippen LogP contribution >= 0.6 is 11.6 Å². The number of aromatic nitrogens is 4. The summed E-state index contributed by atoms with van der Waals surface area (Å²) in [6, 6.07) is 5.13. The molecule has 23 heavy (non-hydrogen) atoms. The Morgan fingerprint density at radius 2 is 2.00 bits per heavy atom. The maximum atomic E-state index is 12.8. The lowest BCUT2D eigenvalue weighted by Gasteiger charge is -2.08. The van der Waals surface area contributed by atoms with Crippen molar-refractivity contribution >= 4 is 28.5 Å². The average molecular weight is 342 g/mol. The van der Waals surface area contributed by atoms with Crippen LogP contribution in [0, 0.1) is 0 Å². The molecule has 0 aliphatic heterocycles. The molecule has 120 valence electrons. The Bertz CT molecular complexity index is 859. The van der Waals surface area contributed by atoms with Crippen molar-refractivity contribution in [3.05, 3.63) is 46.4 Å². The zero-order valence-electron chi connectivity index (χ0n) is 11.9. The quantitative estimate of drug-likeness (QED) is 0.713. The number of hydrogen-bond donors (Lipinski definition) is 2. The molecule has 0 fully saturated rings. The summed E-state index contributed by atoms with van der Waals surface area (Å²) in [7, 11) is 1.67. The second-order valence-electron chi connectivity index (χ2n) is 4.87. The molecule has 0 amide bonds. The number of fused-ring (bicyclic) bond motifs is 1. The van der Waals surface area contributed by atoms with Crippen LogP contribution in [-0.4, -0.2) is 27.2 Å². The number of nitrogens with one attached hydrogen (secondary N) is 2. The monoisotopic (exact) mass is 341 g/mol. The lowest BCUT2D eigenvalue weighted by Crippen LogP contribution is -2.05. The number of anilines is 1. The van der Waals surface area contributed by atoms with Gasteiger partial charge in [0.05, 0.1) is 11.3 Å². The van der Waals surface area contributed by atoms with Gasteiger partial charge in [0.15, 0.2) is 11.3 Å². The molecule has 0 aliphatic carbocycles. The van der Waals surface area contributed by atoms with Gasteiger partial charge in [-0.2, -0.15) is 23.3 Å². The Labute approximate surface area is 133 Å². The van der Waals surface area contributed by atoms with E-state index in [1.54, 1.807) is 13.1 Å². The normalized spacial score (nSPS) is 11.9. The first-order chi connectivity index (χ1) is 10.9. The molecule has 0 spiro atoms. The van der Waals surface area contributed by atoms with Gasteiger partial charge in [0, 0.05) is 13.5 Å². The molecule has 2 N–H and O–H groups in total. The molecule has 5 nitrogen and oxygen atoms in total. The Hall–Kier alpha value is -2.35. The lowest BCUT2D eigenvalue weighted by molar-refractivity contribution is -0.137. The standard InChI is InChI=1S/C14H11ClF3N5/c1-19-12-11-10(20-13(15)21-12)9(22-23-11)6-7-3-2-4-8(5-7)14(16,17)18/h2-5H,6H2,1H3,(H,22,23)(H,19,20,21). The van der Waals surface area contributed by atoms with Crippen molar-refractivity contribution in [1.82, 2.24) is 20.2 Å². The number of benzene rings is 1. The van der Waals surface area contributed by atoms with E-state index in [4.69, 9.17) is 11.6 Å². The smallest absolute Gasteiger partial charge is 0.371 e. The predicted octanol–water partition coefficient (Wildman–Crippen LogP) is 3.66. The van der Waals surface area contributed by atoms with Gasteiger partial charge in [-0.25, -0.2) is 4.98 Å². The summed E-state index contributed by atoms with van der Waals surface area (Å²) in [5.41, 5.74) is 1.33. The van der Waals surface area contributed by atoms with E-state index < -0.39 is 11.7 Å². The lowest BCUT2D eigenvalue weighted by atomic mass is 10.1. The van der Waals surface area contributed by atoms with E-state index in [1.165, 1.54) is 6.07 Å². The first kappa shape index (κ1) is 15.5.